The lowest BCUT2D eigenvalue weighted by molar-refractivity contribution is 0.113. The highest BCUT2D eigenvalue weighted by atomic mass is 35.5. The first-order valence-corrected chi connectivity index (χ1v) is 9.53. The highest BCUT2D eigenvalue weighted by molar-refractivity contribution is 7.99. The molecule has 0 spiro atoms. The molecule has 3 rings (SSSR count). The Morgan fingerprint density at radius 1 is 1.31 bits per heavy atom. The third-order valence-corrected chi connectivity index (χ3v) is 4.89. The zero-order valence-electron chi connectivity index (χ0n) is 14.4. The number of aromatic nitrogens is 4. The standard InChI is InChI=1S/C17H20ClN5O2S/c1-10(2)23-9-19-14-15(20-12-5-3-4-11(18)6-12)21-17(22-16(14)23)26-8-13(25)7-24/h3-6,9-10,13,24-25H,7-8H2,1-2H3,(H,20,21,22). The molecule has 1 unspecified atom stereocenters. The summed E-state index contributed by atoms with van der Waals surface area (Å²) in [6.07, 6.45) is 0.920. The molecule has 0 saturated heterocycles. The van der Waals surface area contributed by atoms with Gasteiger partial charge in [-0.2, -0.15) is 0 Å². The second-order valence-corrected chi connectivity index (χ2v) is 7.48. The minimum atomic E-state index is -0.821. The SMILES string of the molecule is CC(C)n1cnc2c(Nc3cccc(Cl)c3)nc(SCC(O)CO)nc21. The molecule has 2 heterocycles. The van der Waals surface area contributed by atoms with E-state index < -0.39 is 6.10 Å². The lowest BCUT2D eigenvalue weighted by Crippen LogP contribution is -2.15. The molecule has 0 radical (unpaired) electrons. The number of aliphatic hydroxyl groups excluding tert-OH is 2. The summed E-state index contributed by atoms with van der Waals surface area (Å²) in [5.41, 5.74) is 2.16. The predicted octanol–water partition coefficient (Wildman–Crippen LogP) is 3.25. The van der Waals surface area contributed by atoms with E-state index in [0.717, 1.165) is 5.69 Å². The molecule has 26 heavy (non-hydrogen) atoms. The minimum Gasteiger partial charge on any atom is -0.394 e. The van der Waals surface area contributed by atoms with E-state index >= 15 is 0 Å². The lowest BCUT2D eigenvalue weighted by atomic mass is 10.3. The van der Waals surface area contributed by atoms with Crippen molar-refractivity contribution in [3.05, 3.63) is 35.6 Å². The highest BCUT2D eigenvalue weighted by Crippen LogP contribution is 2.28. The van der Waals surface area contributed by atoms with Gasteiger partial charge in [0, 0.05) is 22.5 Å². The Bertz CT molecular complexity index is 902. The van der Waals surface area contributed by atoms with E-state index in [0.29, 0.717) is 32.9 Å². The fraction of sp³-hybridized carbons (Fsp3) is 0.353. The molecule has 9 heteroatoms. The Labute approximate surface area is 160 Å². The van der Waals surface area contributed by atoms with Gasteiger partial charge in [-0.1, -0.05) is 29.4 Å². The highest BCUT2D eigenvalue weighted by Gasteiger charge is 2.16. The molecule has 1 aromatic carbocycles. The van der Waals surface area contributed by atoms with Gasteiger partial charge in [0.2, 0.25) is 0 Å². The number of thioether (sulfide) groups is 1. The van der Waals surface area contributed by atoms with Crippen molar-refractivity contribution >= 4 is 46.0 Å². The molecular formula is C17H20ClN5O2S. The van der Waals surface area contributed by atoms with Gasteiger partial charge in [0.15, 0.2) is 22.1 Å². The number of rotatable bonds is 7. The molecule has 1 atom stereocenters. The fourth-order valence-corrected chi connectivity index (χ4v) is 3.30. The van der Waals surface area contributed by atoms with Crippen LogP contribution in [-0.4, -0.2) is 48.2 Å². The monoisotopic (exact) mass is 393 g/mol. The van der Waals surface area contributed by atoms with E-state index in [1.54, 1.807) is 18.5 Å². The van der Waals surface area contributed by atoms with Crippen molar-refractivity contribution in [2.75, 3.05) is 17.7 Å². The van der Waals surface area contributed by atoms with E-state index in [1.165, 1.54) is 11.8 Å². The lowest BCUT2D eigenvalue weighted by Gasteiger charge is -2.12. The summed E-state index contributed by atoms with van der Waals surface area (Å²) in [4.78, 5) is 13.6. The van der Waals surface area contributed by atoms with E-state index in [9.17, 15) is 5.11 Å². The molecule has 138 valence electrons. The molecule has 3 aromatic rings. The van der Waals surface area contributed by atoms with Crippen LogP contribution in [0.15, 0.2) is 35.7 Å². The van der Waals surface area contributed by atoms with Crippen LogP contribution < -0.4 is 5.32 Å². The number of fused-ring (bicyclic) bond motifs is 1. The first-order valence-electron chi connectivity index (χ1n) is 8.17. The van der Waals surface area contributed by atoms with Crippen molar-refractivity contribution in [1.82, 2.24) is 19.5 Å². The number of anilines is 2. The van der Waals surface area contributed by atoms with Gasteiger partial charge >= 0.3 is 0 Å². The Morgan fingerprint density at radius 3 is 2.81 bits per heavy atom. The number of imidazole rings is 1. The van der Waals surface area contributed by atoms with Gasteiger partial charge in [0.05, 0.1) is 19.0 Å². The summed E-state index contributed by atoms with van der Waals surface area (Å²) >= 11 is 7.34. The smallest absolute Gasteiger partial charge is 0.191 e. The minimum absolute atomic E-state index is 0.190. The van der Waals surface area contributed by atoms with E-state index in [1.807, 2.05) is 16.7 Å². The summed E-state index contributed by atoms with van der Waals surface area (Å²) in [6.45, 7) is 3.80. The largest absolute Gasteiger partial charge is 0.394 e. The summed E-state index contributed by atoms with van der Waals surface area (Å²) in [5, 5.41) is 23.0. The quantitative estimate of drug-likeness (QED) is 0.418. The van der Waals surface area contributed by atoms with E-state index in [4.69, 9.17) is 16.7 Å². The number of hydrogen-bond donors (Lipinski definition) is 3. The van der Waals surface area contributed by atoms with Crippen LogP contribution in [0.3, 0.4) is 0 Å². The molecule has 2 aromatic heterocycles. The molecule has 0 amide bonds. The van der Waals surface area contributed by atoms with Crippen LogP contribution in [0.2, 0.25) is 5.02 Å². The number of nitrogens with zero attached hydrogens (tertiary/aromatic N) is 4. The molecule has 0 aliphatic heterocycles. The molecule has 0 fully saturated rings. The maximum atomic E-state index is 9.60. The summed E-state index contributed by atoms with van der Waals surface area (Å²) in [6, 6.07) is 7.53. The van der Waals surface area contributed by atoms with Crippen LogP contribution in [0.4, 0.5) is 11.5 Å². The van der Waals surface area contributed by atoms with Gasteiger partial charge in [-0.3, -0.25) is 0 Å². The molecule has 0 bridgehead atoms. The number of halogens is 1. The second-order valence-electron chi connectivity index (χ2n) is 6.06. The molecule has 0 saturated carbocycles. The second kappa shape index (κ2) is 8.22. The maximum Gasteiger partial charge on any atom is 0.191 e. The zero-order valence-corrected chi connectivity index (χ0v) is 16.0. The van der Waals surface area contributed by atoms with Crippen LogP contribution in [0.25, 0.3) is 11.2 Å². The van der Waals surface area contributed by atoms with Gasteiger partial charge < -0.3 is 20.1 Å². The summed E-state index contributed by atoms with van der Waals surface area (Å²) in [7, 11) is 0. The van der Waals surface area contributed by atoms with Crippen molar-refractivity contribution in [1.29, 1.82) is 0 Å². The first-order chi connectivity index (χ1) is 12.5. The van der Waals surface area contributed by atoms with E-state index in [2.05, 4.69) is 34.1 Å². The van der Waals surface area contributed by atoms with Crippen LogP contribution in [0.1, 0.15) is 19.9 Å². The average molecular weight is 394 g/mol. The van der Waals surface area contributed by atoms with Crippen molar-refractivity contribution in [2.45, 2.75) is 31.1 Å². The Kier molecular flexibility index (Phi) is 5.98. The van der Waals surface area contributed by atoms with Crippen molar-refractivity contribution in [3.8, 4) is 0 Å². The maximum absolute atomic E-state index is 9.60. The topological polar surface area (TPSA) is 96.1 Å². The number of benzene rings is 1. The summed E-state index contributed by atoms with van der Waals surface area (Å²) in [5.74, 6) is 0.867. The average Bonchev–Trinajstić information content (AvgIpc) is 3.04. The third-order valence-electron chi connectivity index (χ3n) is 3.66. The summed E-state index contributed by atoms with van der Waals surface area (Å²) < 4.78 is 1.96. The zero-order chi connectivity index (χ0) is 18.7. The van der Waals surface area contributed by atoms with E-state index in [-0.39, 0.29) is 12.6 Å². The molecule has 0 aliphatic rings. The van der Waals surface area contributed by atoms with Crippen molar-refractivity contribution in [2.24, 2.45) is 0 Å². The van der Waals surface area contributed by atoms with Gasteiger partial charge in [0.25, 0.3) is 0 Å². The Balaban J connectivity index is 2.01. The molecular weight excluding hydrogens is 374 g/mol. The predicted molar refractivity (Wildman–Crippen MR) is 104 cm³/mol. The third kappa shape index (κ3) is 4.27. The number of aliphatic hydroxyl groups is 2. The van der Waals surface area contributed by atoms with Gasteiger partial charge in [-0.15, -0.1) is 0 Å². The fourth-order valence-electron chi connectivity index (χ4n) is 2.35. The Morgan fingerprint density at radius 2 is 2.12 bits per heavy atom. The molecule has 7 nitrogen and oxygen atoms in total. The van der Waals surface area contributed by atoms with Crippen LogP contribution in [0.5, 0.6) is 0 Å². The van der Waals surface area contributed by atoms with Gasteiger partial charge in [0.1, 0.15) is 0 Å². The first kappa shape index (κ1) is 18.9. The van der Waals surface area contributed by atoms with Crippen LogP contribution in [0, 0.1) is 0 Å². The number of hydrogen-bond acceptors (Lipinski definition) is 7. The Hall–Kier alpha value is -1.87. The normalized spacial score (nSPS) is 12.7. The molecule has 3 N–H and O–H groups in total. The van der Waals surface area contributed by atoms with Gasteiger partial charge in [-0.05, 0) is 32.0 Å². The molecule has 0 aliphatic carbocycles. The van der Waals surface area contributed by atoms with Crippen molar-refractivity contribution in [3.63, 3.8) is 0 Å². The van der Waals surface area contributed by atoms with Crippen molar-refractivity contribution < 1.29 is 10.2 Å². The number of nitrogens with one attached hydrogen (secondary N) is 1. The van der Waals surface area contributed by atoms with Crippen LogP contribution in [-0.2, 0) is 0 Å². The van der Waals surface area contributed by atoms with Crippen LogP contribution >= 0.6 is 23.4 Å². The van der Waals surface area contributed by atoms with Gasteiger partial charge in [-0.25, -0.2) is 15.0 Å².